The van der Waals surface area contributed by atoms with E-state index in [1.165, 1.54) is 12.1 Å². The molecule has 0 fully saturated rings. The number of carbonyl (C=O) groups excluding carboxylic acids is 1. The molecule has 0 unspecified atom stereocenters. The SMILES string of the molecule is CN(CCOc1ccc(F)cc1)C(=O)c1cc(N)cn1C. The Kier molecular flexibility index (Phi) is 4.47. The summed E-state index contributed by atoms with van der Waals surface area (Å²) in [5, 5.41) is 0. The summed E-state index contributed by atoms with van der Waals surface area (Å²) in [4.78, 5) is 13.8. The number of hydrogen-bond acceptors (Lipinski definition) is 3. The minimum Gasteiger partial charge on any atom is -0.492 e. The maximum atomic E-state index is 12.7. The van der Waals surface area contributed by atoms with Gasteiger partial charge in [0.15, 0.2) is 0 Å². The van der Waals surface area contributed by atoms with E-state index < -0.39 is 0 Å². The molecule has 0 saturated heterocycles. The molecule has 2 aromatic rings. The normalized spacial score (nSPS) is 10.4. The van der Waals surface area contributed by atoms with Crippen molar-refractivity contribution in [3.05, 3.63) is 48.0 Å². The van der Waals surface area contributed by atoms with Crippen LogP contribution in [-0.2, 0) is 7.05 Å². The molecular formula is C15H18FN3O2. The summed E-state index contributed by atoms with van der Waals surface area (Å²) in [6.45, 7) is 0.745. The van der Waals surface area contributed by atoms with E-state index in [-0.39, 0.29) is 11.7 Å². The van der Waals surface area contributed by atoms with Gasteiger partial charge in [0.2, 0.25) is 0 Å². The highest BCUT2D eigenvalue weighted by Gasteiger charge is 2.15. The van der Waals surface area contributed by atoms with Gasteiger partial charge in [-0.1, -0.05) is 0 Å². The number of amides is 1. The summed E-state index contributed by atoms with van der Waals surface area (Å²) in [6, 6.07) is 7.40. The van der Waals surface area contributed by atoms with E-state index >= 15 is 0 Å². The third-order valence-electron chi connectivity index (χ3n) is 3.10. The first-order valence-electron chi connectivity index (χ1n) is 6.53. The summed E-state index contributed by atoms with van der Waals surface area (Å²) in [7, 11) is 3.46. The molecule has 0 radical (unpaired) electrons. The summed E-state index contributed by atoms with van der Waals surface area (Å²) in [5.74, 6) is 0.133. The second-order valence-electron chi connectivity index (χ2n) is 4.80. The highest BCUT2D eigenvalue weighted by Crippen LogP contribution is 2.12. The Hall–Kier alpha value is -2.50. The van der Waals surface area contributed by atoms with Crippen molar-refractivity contribution in [2.75, 3.05) is 25.9 Å². The minimum absolute atomic E-state index is 0.128. The highest BCUT2D eigenvalue weighted by molar-refractivity contribution is 5.93. The standard InChI is InChI=1S/C15H18FN3O2/c1-18(15(20)14-9-12(17)10-19(14)2)7-8-21-13-5-3-11(16)4-6-13/h3-6,9-10H,7-8,17H2,1-2H3. The van der Waals surface area contributed by atoms with Crippen LogP contribution in [0, 0.1) is 5.82 Å². The van der Waals surface area contributed by atoms with Crippen LogP contribution in [0.25, 0.3) is 0 Å². The summed E-state index contributed by atoms with van der Waals surface area (Å²) in [5.41, 5.74) is 6.74. The van der Waals surface area contributed by atoms with Gasteiger partial charge in [0.25, 0.3) is 5.91 Å². The Morgan fingerprint density at radius 1 is 1.38 bits per heavy atom. The zero-order chi connectivity index (χ0) is 15.4. The van der Waals surface area contributed by atoms with Crippen LogP contribution < -0.4 is 10.5 Å². The lowest BCUT2D eigenvalue weighted by molar-refractivity contribution is 0.0764. The Morgan fingerprint density at radius 3 is 2.62 bits per heavy atom. The molecule has 0 bridgehead atoms. The number of aromatic nitrogens is 1. The van der Waals surface area contributed by atoms with Gasteiger partial charge >= 0.3 is 0 Å². The molecule has 21 heavy (non-hydrogen) atoms. The van der Waals surface area contributed by atoms with Crippen LogP contribution in [0.15, 0.2) is 36.5 Å². The van der Waals surface area contributed by atoms with Crippen LogP contribution in [-0.4, -0.2) is 35.6 Å². The lowest BCUT2D eigenvalue weighted by Crippen LogP contribution is -2.32. The third kappa shape index (κ3) is 3.75. The monoisotopic (exact) mass is 291 g/mol. The number of nitrogens with two attached hydrogens (primary N) is 1. The molecule has 0 aliphatic heterocycles. The summed E-state index contributed by atoms with van der Waals surface area (Å²) < 4.78 is 19.9. The van der Waals surface area contributed by atoms with Crippen LogP contribution in [0.4, 0.5) is 10.1 Å². The van der Waals surface area contributed by atoms with Crippen LogP contribution in [0.1, 0.15) is 10.5 Å². The number of nitrogen functional groups attached to an aromatic ring is 1. The van der Waals surface area contributed by atoms with Gasteiger partial charge in [0, 0.05) is 20.3 Å². The molecule has 2 N–H and O–H groups in total. The summed E-state index contributed by atoms with van der Waals surface area (Å²) in [6.07, 6.45) is 1.69. The average Bonchev–Trinajstić information content (AvgIpc) is 2.79. The quantitative estimate of drug-likeness (QED) is 0.915. The first kappa shape index (κ1) is 14.9. The number of rotatable bonds is 5. The molecule has 1 heterocycles. The molecule has 0 spiro atoms. The topological polar surface area (TPSA) is 60.5 Å². The zero-order valence-electron chi connectivity index (χ0n) is 12.0. The minimum atomic E-state index is -0.309. The second kappa shape index (κ2) is 6.30. The smallest absolute Gasteiger partial charge is 0.270 e. The van der Waals surface area contributed by atoms with Gasteiger partial charge in [-0.05, 0) is 30.3 Å². The average molecular weight is 291 g/mol. The zero-order valence-corrected chi connectivity index (χ0v) is 12.0. The van der Waals surface area contributed by atoms with Crippen LogP contribution in [0.2, 0.25) is 0 Å². The van der Waals surface area contributed by atoms with Crippen molar-refractivity contribution in [1.82, 2.24) is 9.47 Å². The summed E-state index contributed by atoms with van der Waals surface area (Å²) >= 11 is 0. The van der Waals surface area contributed by atoms with E-state index in [2.05, 4.69) is 0 Å². The fourth-order valence-electron chi connectivity index (χ4n) is 1.93. The number of anilines is 1. The molecule has 112 valence electrons. The Morgan fingerprint density at radius 2 is 2.05 bits per heavy atom. The number of likely N-dealkylation sites (N-methyl/N-ethyl adjacent to an activating group) is 1. The predicted molar refractivity (Wildman–Crippen MR) is 78.7 cm³/mol. The fourth-order valence-corrected chi connectivity index (χ4v) is 1.93. The molecule has 0 saturated carbocycles. The lowest BCUT2D eigenvalue weighted by Gasteiger charge is -2.17. The first-order valence-corrected chi connectivity index (χ1v) is 6.53. The molecule has 0 aliphatic carbocycles. The second-order valence-corrected chi connectivity index (χ2v) is 4.80. The number of carbonyl (C=O) groups is 1. The van der Waals surface area contributed by atoms with E-state index in [0.717, 1.165) is 0 Å². The Balaban J connectivity index is 1.87. The largest absolute Gasteiger partial charge is 0.492 e. The Labute approximate surface area is 122 Å². The van der Waals surface area contributed by atoms with E-state index in [0.29, 0.717) is 30.3 Å². The van der Waals surface area contributed by atoms with Crippen molar-refractivity contribution in [3.8, 4) is 5.75 Å². The van der Waals surface area contributed by atoms with Crippen molar-refractivity contribution in [3.63, 3.8) is 0 Å². The van der Waals surface area contributed by atoms with Crippen molar-refractivity contribution < 1.29 is 13.9 Å². The molecular weight excluding hydrogens is 273 g/mol. The predicted octanol–water partition coefficient (Wildman–Crippen LogP) is 1.90. The van der Waals surface area contributed by atoms with Crippen molar-refractivity contribution in [2.45, 2.75) is 0 Å². The number of ether oxygens (including phenoxy) is 1. The number of benzene rings is 1. The maximum absolute atomic E-state index is 12.7. The molecule has 0 atom stereocenters. The van der Waals surface area contributed by atoms with Gasteiger partial charge in [-0.15, -0.1) is 0 Å². The van der Waals surface area contributed by atoms with Gasteiger partial charge in [0.1, 0.15) is 23.9 Å². The van der Waals surface area contributed by atoms with E-state index in [9.17, 15) is 9.18 Å². The fraction of sp³-hybridized carbons (Fsp3) is 0.267. The first-order chi connectivity index (χ1) is 9.97. The van der Waals surface area contributed by atoms with Gasteiger partial charge < -0.3 is 19.9 Å². The Bertz CT molecular complexity index is 622. The highest BCUT2D eigenvalue weighted by atomic mass is 19.1. The molecule has 2 rings (SSSR count). The van der Waals surface area contributed by atoms with E-state index in [1.807, 2.05) is 0 Å². The van der Waals surface area contributed by atoms with E-state index in [4.69, 9.17) is 10.5 Å². The molecule has 5 nitrogen and oxygen atoms in total. The van der Waals surface area contributed by atoms with Crippen LogP contribution in [0.3, 0.4) is 0 Å². The van der Waals surface area contributed by atoms with Gasteiger partial charge in [-0.25, -0.2) is 4.39 Å². The van der Waals surface area contributed by atoms with Crippen molar-refractivity contribution >= 4 is 11.6 Å². The van der Waals surface area contributed by atoms with Crippen molar-refractivity contribution in [1.29, 1.82) is 0 Å². The van der Waals surface area contributed by atoms with Crippen molar-refractivity contribution in [2.24, 2.45) is 7.05 Å². The van der Waals surface area contributed by atoms with Gasteiger partial charge in [0.05, 0.1) is 12.2 Å². The molecule has 1 aromatic carbocycles. The molecule has 0 aliphatic rings. The molecule has 1 amide bonds. The van der Waals surface area contributed by atoms with Gasteiger partial charge in [-0.3, -0.25) is 4.79 Å². The number of halogens is 1. The van der Waals surface area contributed by atoms with E-state index in [1.54, 1.807) is 48.0 Å². The number of hydrogen-bond donors (Lipinski definition) is 1. The van der Waals surface area contributed by atoms with Crippen LogP contribution >= 0.6 is 0 Å². The number of aryl methyl sites for hydroxylation is 1. The maximum Gasteiger partial charge on any atom is 0.270 e. The van der Waals surface area contributed by atoms with Crippen LogP contribution in [0.5, 0.6) is 5.75 Å². The molecule has 6 heteroatoms. The number of nitrogens with zero attached hydrogens (tertiary/aromatic N) is 2. The molecule has 1 aromatic heterocycles. The van der Waals surface area contributed by atoms with Gasteiger partial charge in [-0.2, -0.15) is 0 Å². The lowest BCUT2D eigenvalue weighted by atomic mass is 10.3. The third-order valence-corrected chi connectivity index (χ3v) is 3.10.